The highest BCUT2D eigenvalue weighted by Gasteiger charge is 2.36. The van der Waals surface area contributed by atoms with Gasteiger partial charge in [0.15, 0.2) is 0 Å². The van der Waals surface area contributed by atoms with Crippen molar-refractivity contribution in [3.8, 4) is 0 Å². The molecular weight excluding hydrogens is 512 g/mol. The number of halogens is 6. The number of aromatic nitrogens is 3. The van der Waals surface area contributed by atoms with E-state index in [1.54, 1.807) is 9.80 Å². The molecule has 0 aliphatic carbocycles. The first-order valence-electron chi connectivity index (χ1n) is 11.4. The standard InChI is InChI=1S/C21H25F6N7OS/c22-20(23,24)14-1-2-16(28-13-14)29-15-3-7-33(8-4-15)17(35)5-6-32-9-11-34(12-10-32)19-31-30-18(36-19)21(25,26)27/h1-2,13,15H,3-12H2,(H,28,29). The molecule has 36 heavy (non-hydrogen) atoms. The number of alkyl halides is 6. The van der Waals surface area contributed by atoms with Gasteiger partial charge >= 0.3 is 12.4 Å². The fourth-order valence-electron chi connectivity index (χ4n) is 4.16. The first-order valence-corrected chi connectivity index (χ1v) is 12.3. The van der Waals surface area contributed by atoms with Crippen molar-refractivity contribution in [1.29, 1.82) is 0 Å². The Kier molecular flexibility index (Phi) is 7.87. The number of nitrogens with one attached hydrogen (secondary N) is 1. The van der Waals surface area contributed by atoms with Crippen LogP contribution < -0.4 is 10.2 Å². The van der Waals surface area contributed by atoms with Gasteiger partial charge in [0.25, 0.3) is 0 Å². The normalized spacial score (nSPS) is 18.5. The lowest BCUT2D eigenvalue weighted by Gasteiger charge is -2.35. The number of amides is 1. The molecule has 1 amide bonds. The lowest BCUT2D eigenvalue weighted by Crippen LogP contribution is -2.48. The Hall–Kier alpha value is -2.68. The van der Waals surface area contributed by atoms with E-state index in [0.717, 1.165) is 12.3 Å². The summed E-state index contributed by atoms with van der Waals surface area (Å²) in [7, 11) is 0. The van der Waals surface area contributed by atoms with Gasteiger partial charge < -0.3 is 15.1 Å². The smallest absolute Gasteiger partial charge is 0.367 e. The van der Waals surface area contributed by atoms with Gasteiger partial charge in [0.1, 0.15) is 5.82 Å². The monoisotopic (exact) mass is 537 g/mol. The van der Waals surface area contributed by atoms with Gasteiger partial charge in [0.2, 0.25) is 16.0 Å². The Morgan fingerprint density at radius 2 is 1.67 bits per heavy atom. The van der Waals surface area contributed by atoms with E-state index in [4.69, 9.17) is 0 Å². The number of rotatable bonds is 6. The maximum absolute atomic E-state index is 12.7. The summed E-state index contributed by atoms with van der Waals surface area (Å²) in [6, 6.07) is 2.31. The number of piperazine rings is 1. The maximum atomic E-state index is 12.7. The van der Waals surface area contributed by atoms with Gasteiger partial charge in [-0.05, 0) is 25.0 Å². The highest BCUT2D eigenvalue weighted by atomic mass is 32.1. The average Bonchev–Trinajstić information content (AvgIpc) is 3.34. The number of carbonyl (C=O) groups excluding carboxylic acids is 1. The van der Waals surface area contributed by atoms with Crippen LogP contribution in [0.3, 0.4) is 0 Å². The van der Waals surface area contributed by atoms with Crippen LogP contribution in [0, 0.1) is 0 Å². The van der Waals surface area contributed by atoms with Gasteiger partial charge in [-0.25, -0.2) is 4.98 Å². The lowest BCUT2D eigenvalue weighted by molar-refractivity contribution is -0.138. The summed E-state index contributed by atoms with van der Waals surface area (Å²) in [4.78, 5) is 22.1. The molecule has 0 bridgehead atoms. The molecule has 0 aromatic carbocycles. The molecule has 15 heteroatoms. The maximum Gasteiger partial charge on any atom is 0.445 e. The fourth-order valence-corrected chi connectivity index (χ4v) is 4.93. The summed E-state index contributed by atoms with van der Waals surface area (Å²) < 4.78 is 76.2. The van der Waals surface area contributed by atoms with Crippen molar-refractivity contribution in [3.63, 3.8) is 0 Å². The van der Waals surface area contributed by atoms with Crippen LogP contribution in [0.15, 0.2) is 18.3 Å². The molecule has 2 aromatic rings. The fraction of sp³-hybridized carbons (Fsp3) is 0.619. The minimum Gasteiger partial charge on any atom is -0.367 e. The van der Waals surface area contributed by atoms with Crippen molar-refractivity contribution < 1.29 is 31.1 Å². The van der Waals surface area contributed by atoms with E-state index in [0.29, 0.717) is 82.2 Å². The van der Waals surface area contributed by atoms with Gasteiger partial charge in [-0.3, -0.25) is 9.69 Å². The number of hydrogen-bond donors (Lipinski definition) is 1. The second-order valence-corrected chi connectivity index (χ2v) is 9.65. The number of hydrogen-bond acceptors (Lipinski definition) is 8. The third kappa shape index (κ3) is 6.75. The highest BCUT2D eigenvalue weighted by Crippen LogP contribution is 2.34. The summed E-state index contributed by atoms with van der Waals surface area (Å²) in [5, 5.41) is 9.30. The molecule has 0 saturated carbocycles. The second-order valence-electron chi connectivity index (χ2n) is 8.70. The molecule has 0 radical (unpaired) electrons. The van der Waals surface area contributed by atoms with Crippen molar-refractivity contribution in [1.82, 2.24) is 25.0 Å². The molecular formula is C21H25F6N7OS. The van der Waals surface area contributed by atoms with E-state index >= 15 is 0 Å². The summed E-state index contributed by atoms with van der Waals surface area (Å²) in [5.74, 6) is 0.401. The third-order valence-electron chi connectivity index (χ3n) is 6.23. The highest BCUT2D eigenvalue weighted by molar-refractivity contribution is 7.15. The van der Waals surface area contributed by atoms with Gasteiger partial charge in [-0.15, -0.1) is 10.2 Å². The van der Waals surface area contributed by atoms with Crippen LogP contribution in [0.4, 0.5) is 37.3 Å². The number of carbonyl (C=O) groups is 1. The van der Waals surface area contributed by atoms with Crippen LogP contribution in [0.5, 0.6) is 0 Å². The van der Waals surface area contributed by atoms with Crippen molar-refractivity contribution in [3.05, 3.63) is 28.9 Å². The molecule has 8 nitrogen and oxygen atoms in total. The molecule has 4 heterocycles. The van der Waals surface area contributed by atoms with Crippen LogP contribution in [-0.2, 0) is 17.1 Å². The molecule has 2 saturated heterocycles. The second kappa shape index (κ2) is 10.7. The molecule has 0 unspecified atom stereocenters. The summed E-state index contributed by atoms with van der Waals surface area (Å²) in [6.07, 6.45) is -6.46. The van der Waals surface area contributed by atoms with E-state index in [1.165, 1.54) is 6.07 Å². The third-order valence-corrected chi connectivity index (χ3v) is 7.26. The molecule has 1 N–H and O–H groups in total. The summed E-state index contributed by atoms with van der Waals surface area (Å²) >= 11 is 0.532. The Morgan fingerprint density at radius 1 is 0.972 bits per heavy atom. The SMILES string of the molecule is O=C(CCN1CCN(c2nnc(C(F)(F)F)s2)CC1)N1CCC(Nc2ccc(C(F)(F)F)cn2)CC1. The number of nitrogens with zero attached hydrogens (tertiary/aromatic N) is 6. The molecule has 2 aromatic heterocycles. The topological polar surface area (TPSA) is 77.5 Å². The first kappa shape index (κ1) is 26.4. The Bertz CT molecular complexity index is 1010. The zero-order valence-corrected chi connectivity index (χ0v) is 20.0. The molecule has 198 valence electrons. The average molecular weight is 538 g/mol. The number of anilines is 2. The zero-order chi connectivity index (χ0) is 25.9. The van der Waals surface area contributed by atoms with E-state index in [9.17, 15) is 31.1 Å². The van der Waals surface area contributed by atoms with E-state index in [2.05, 4.69) is 25.4 Å². The van der Waals surface area contributed by atoms with Crippen LogP contribution in [-0.4, -0.2) is 82.7 Å². The van der Waals surface area contributed by atoms with E-state index < -0.39 is 22.9 Å². The van der Waals surface area contributed by atoms with Gasteiger partial charge in [-0.2, -0.15) is 26.3 Å². The molecule has 2 aliphatic heterocycles. The summed E-state index contributed by atoms with van der Waals surface area (Å²) in [6.45, 7) is 3.89. The van der Waals surface area contributed by atoms with Gasteiger partial charge in [0.05, 0.1) is 5.56 Å². The summed E-state index contributed by atoms with van der Waals surface area (Å²) in [5.41, 5.74) is -0.800. The molecule has 2 fully saturated rings. The van der Waals surface area contributed by atoms with Gasteiger partial charge in [0, 0.05) is 64.5 Å². The van der Waals surface area contributed by atoms with Crippen molar-refractivity contribution in [2.45, 2.75) is 37.7 Å². The molecule has 4 rings (SSSR count). The Morgan fingerprint density at radius 3 is 2.22 bits per heavy atom. The number of piperidine rings is 1. The van der Waals surface area contributed by atoms with Crippen molar-refractivity contribution in [2.24, 2.45) is 0 Å². The minimum atomic E-state index is -4.50. The minimum absolute atomic E-state index is 0.0181. The lowest BCUT2D eigenvalue weighted by atomic mass is 10.0. The van der Waals surface area contributed by atoms with Crippen LogP contribution in [0.2, 0.25) is 0 Å². The first-order chi connectivity index (χ1) is 17.0. The molecule has 2 aliphatic rings. The van der Waals surface area contributed by atoms with E-state index in [1.807, 2.05) is 0 Å². The predicted octanol–water partition coefficient (Wildman–Crippen LogP) is 3.59. The van der Waals surface area contributed by atoms with Crippen molar-refractivity contribution in [2.75, 3.05) is 56.0 Å². The number of pyridine rings is 1. The molecule has 0 atom stereocenters. The van der Waals surface area contributed by atoms with Crippen LogP contribution in [0.1, 0.15) is 29.8 Å². The Labute approximate surface area is 207 Å². The van der Waals surface area contributed by atoms with Gasteiger partial charge in [-0.1, -0.05) is 11.3 Å². The number of likely N-dealkylation sites (tertiary alicyclic amines) is 1. The van der Waals surface area contributed by atoms with Crippen LogP contribution >= 0.6 is 11.3 Å². The quantitative estimate of drug-likeness (QED) is 0.565. The van der Waals surface area contributed by atoms with Crippen molar-refractivity contribution >= 4 is 28.2 Å². The largest absolute Gasteiger partial charge is 0.445 e. The van der Waals surface area contributed by atoms with E-state index in [-0.39, 0.29) is 17.1 Å². The van der Waals surface area contributed by atoms with Crippen LogP contribution in [0.25, 0.3) is 0 Å². The predicted molar refractivity (Wildman–Crippen MR) is 121 cm³/mol. The Balaban J connectivity index is 1.15. The molecule has 0 spiro atoms. The zero-order valence-electron chi connectivity index (χ0n) is 19.1.